The second kappa shape index (κ2) is 4.75. The van der Waals surface area contributed by atoms with Gasteiger partial charge >= 0.3 is 0 Å². The maximum absolute atomic E-state index is 12.3. The smallest absolute Gasteiger partial charge is 0.251 e. The zero-order valence-electron chi connectivity index (χ0n) is 12.5. The van der Waals surface area contributed by atoms with E-state index >= 15 is 0 Å². The Morgan fingerprint density at radius 1 is 1.05 bits per heavy atom. The lowest BCUT2D eigenvalue weighted by Crippen LogP contribution is -2.51. The Labute approximate surface area is 126 Å². The van der Waals surface area contributed by atoms with Crippen molar-refractivity contribution in [3.63, 3.8) is 0 Å². The number of rotatable bonds is 3. The van der Waals surface area contributed by atoms with E-state index in [1.54, 1.807) is 12.1 Å². The molecule has 0 radical (unpaired) electrons. The number of amides is 1. The summed E-state index contributed by atoms with van der Waals surface area (Å²) in [4.78, 5) is 12.3. The van der Waals surface area contributed by atoms with Gasteiger partial charge in [-0.15, -0.1) is 0 Å². The van der Waals surface area contributed by atoms with Gasteiger partial charge < -0.3 is 11.1 Å². The summed E-state index contributed by atoms with van der Waals surface area (Å²) in [6.45, 7) is 0.861. The molecule has 3 N–H and O–H groups in total. The van der Waals surface area contributed by atoms with Gasteiger partial charge in [0.25, 0.3) is 5.91 Å². The third kappa shape index (κ3) is 2.43. The average Bonchev–Trinajstić information content (AvgIpc) is 2.44. The number of carbonyl (C=O) groups is 1. The Morgan fingerprint density at radius 3 is 2.10 bits per heavy atom. The minimum atomic E-state index is 0.0470. The summed E-state index contributed by atoms with van der Waals surface area (Å²) in [5.74, 6) is 2.85. The van der Waals surface area contributed by atoms with Crippen molar-refractivity contribution in [2.24, 2.45) is 23.2 Å². The molecule has 4 aliphatic carbocycles. The molecule has 3 nitrogen and oxygen atoms in total. The van der Waals surface area contributed by atoms with Crippen molar-refractivity contribution < 1.29 is 4.79 Å². The summed E-state index contributed by atoms with van der Waals surface area (Å²) >= 11 is 0. The fraction of sp³-hybridized carbons (Fsp3) is 0.611. The van der Waals surface area contributed by atoms with E-state index in [-0.39, 0.29) is 5.91 Å². The van der Waals surface area contributed by atoms with E-state index in [2.05, 4.69) is 5.32 Å². The van der Waals surface area contributed by atoms with Crippen LogP contribution >= 0.6 is 0 Å². The van der Waals surface area contributed by atoms with Crippen LogP contribution in [0.25, 0.3) is 0 Å². The molecule has 0 aliphatic heterocycles. The second-order valence-corrected chi connectivity index (χ2v) is 7.72. The van der Waals surface area contributed by atoms with Crippen LogP contribution in [0, 0.1) is 23.2 Å². The number of hydrogen-bond acceptors (Lipinski definition) is 2. The summed E-state index contributed by atoms with van der Waals surface area (Å²) in [5.41, 5.74) is 7.49. The van der Waals surface area contributed by atoms with Crippen molar-refractivity contribution in [2.45, 2.75) is 38.5 Å². The SMILES string of the molecule is Nc1ccc(C(=O)NCC23CC4CC(CC(C4)C2)C3)cc1. The minimum Gasteiger partial charge on any atom is -0.399 e. The first-order chi connectivity index (χ1) is 10.1. The zero-order chi connectivity index (χ0) is 14.4. The molecule has 4 bridgehead atoms. The van der Waals surface area contributed by atoms with Crippen LogP contribution in [0.5, 0.6) is 0 Å². The number of carbonyl (C=O) groups excluding carboxylic acids is 1. The monoisotopic (exact) mass is 284 g/mol. The van der Waals surface area contributed by atoms with Gasteiger partial charge in [-0.25, -0.2) is 0 Å². The number of hydrogen-bond donors (Lipinski definition) is 2. The molecule has 4 fully saturated rings. The molecule has 0 heterocycles. The summed E-state index contributed by atoms with van der Waals surface area (Å²) in [7, 11) is 0. The molecule has 1 aromatic carbocycles. The van der Waals surface area contributed by atoms with Gasteiger partial charge in [0.2, 0.25) is 0 Å². The minimum absolute atomic E-state index is 0.0470. The van der Waals surface area contributed by atoms with E-state index in [1.165, 1.54) is 38.5 Å². The Hall–Kier alpha value is -1.51. The standard InChI is InChI=1S/C18H24N2O/c19-16-3-1-15(2-4-16)17(21)20-11-18-8-12-5-13(9-18)7-14(6-12)10-18/h1-4,12-14H,5-11,19H2,(H,20,21). The molecule has 1 aromatic rings. The average molecular weight is 284 g/mol. The lowest BCUT2D eigenvalue weighted by molar-refractivity contribution is -0.0503. The molecule has 112 valence electrons. The summed E-state index contributed by atoms with van der Waals surface area (Å²) in [6, 6.07) is 7.20. The predicted molar refractivity (Wildman–Crippen MR) is 83.8 cm³/mol. The van der Waals surface area contributed by atoms with Gasteiger partial charge in [0.05, 0.1) is 0 Å². The highest BCUT2D eigenvalue weighted by molar-refractivity contribution is 5.94. The number of benzene rings is 1. The molecule has 0 aromatic heterocycles. The molecule has 4 saturated carbocycles. The maximum atomic E-state index is 12.3. The molecular formula is C18H24N2O. The van der Waals surface area contributed by atoms with Crippen molar-refractivity contribution in [3.8, 4) is 0 Å². The number of nitrogen functional groups attached to an aromatic ring is 1. The fourth-order valence-corrected chi connectivity index (χ4v) is 5.51. The largest absolute Gasteiger partial charge is 0.399 e. The number of nitrogens with two attached hydrogens (primary N) is 1. The molecule has 0 atom stereocenters. The van der Waals surface area contributed by atoms with Crippen LogP contribution in [0.4, 0.5) is 5.69 Å². The van der Waals surface area contributed by atoms with Crippen LogP contribution in [0.15, 0.2) is 24.3 Å². The van der Waals surface area contributed by atoms with Crippen LogP contribution in [-0.2, 0) is 0 Å². The van der Waals surface area contributed by atoms with Crippen LogP contribution in [0.1, 0.15) is 48.9 Å². The highest BCUT2D eigenvalue weighted by Crippen LogP contribution is 2.59. The van der Waals surface area contributed by atoms with E-state index in [1.807, 2.05) is 12.1 Å². The Balaban J connectivity index is 1.42. The Morgan fingerprint density at radius 2 is 1.57 bits per heavy atom. The van der Waals surface area contributed by atoms with Gasteiger partial charge in [-0.05, 0) is 86.0 Å². The number of anilines is 1. The van der Waals surface area contributed by atoms with Crippen LogP contribution in [-0.4, -0.2) is 12.5 Å². The lowest BCUT2D eigenvalue weighted by atomic mass is 9.49. The molecule has 3 heteroatoms. The molecule has 0 saturated heterocycles. The quantitative estimate of drug-likeness (QED) is 0.837. The molecule has 21 heavy (non-hydrogen) atoms. The summed E-state index contributed by atoms with van der Waals surface area (Å²) < 4.78 is 0. The van der Waals surface area contributed by atoms with E-state index in [9.17, 15) is 4.79 Å². The first-order valence-electron chi connectivity index (χ1n) is 8.26. The molecule has 0 unspecified atom stereocenters. The molecular weight excluding hydrogens is 260 g/mol. The first-order valence-corrected chi connectivity index (χ1v) is 8.26. The van der Waals surface area contributed by atoms with Gasteiger partial charge in [0.1, 0.15) is 0 Å². The highest BCUT2D eigenvalue weighted by Gasteiger charge is 2.50. The van der Waals surface area contributed by atoms with Crippen molar-refractivity contribution >= 4 is 11.6 Å². The third-order valence-corrected chi connectivity index (χ3v) is 5.96. The van der Waals surface area contributed by atoms with Gasteiger partial charge in [-0.3, -0.25) is 4.79 Å². The molecule has 1 amide bonds. The molecule has 5 rings (SSSR count). The van der Waals surface area contributed by atoms with Crippen molar-refractivity contribution in [1.82, 2.24) is 5.32 Å². The van der Waals surface area contributed by atoms with Gasteiger partial charge in [0, 0.05) is 17.8 Å². The van der Waals surface area contributed by atoms with Gasteiger partial charge in [-0.1, -0.05) is 0 Å². The summed E-state index contributed by atoms with van der Waals surface area (Å²) in [6.07, 6.45) is 8.35. The number of nitrogens with one attached hydrogen (secondary N) is 1. The Bertz CT molecular complexity index is 514. The van der Waals surface area contributed by atoms with Crippen LogP contribution < -0.4 is 11.1 Å². The Kier molecular flexibility index (Phi) is 2.98. The van der Waals surface area contributed by atoms with E-state index in [0.29, 0.717) is 16.7 Å². The second-order valence-electron chi connectivity index (χ2n) is 7.72. The van der Waals surface area contributed by atoms with E-state index < -0.39 is 0 Å². The van der Waals surface area contributed by atoms with Crippen LogP contribution in [0.3, 0.4) is 0 Å². The maximum Gasteiger partial charge on any atom is 0.251 e. The predicted octanol–water partition coefficient (Wildman–Crippen LogP) is 3.22. The summed E-state index contributed by atoms with van der Waals surface area (Å²) in [5, 5.41) is 3.20. The first kappa shape index (κ1) is 13.2. The van der Waals surface area contributed by atoms with Gasteiger partial charge in [-0.2, -0.15) is 0 Å². The zero-order valence-corrected chi connectivity index (χ0v) is 12.5. The third-order valence-electron chi connectivity index (χ3n) is 5.96. The van der Waals surface area contributed by atoms with Gasteiger partial charge in [0.15, 0.2) is 0 Å². The molecule has 4 aliphatic rings. The van der Waals surface area contributed by atoms with Crippen molar-refractivity contribution in [1.29, 1.82) is 0 Å². The normalized spacial score (nSPS) is 36.7. The topological polar surface area (TPSA) is 55.1 Å². The van der Waals surface area contributed by atoms with Crippen molar-refractivity contribution in [3.05, 3.63) is 29.8 Å². The van der Waals surface area contributed by atoms with Crippen LogP contribution in [0.2, 0.25) is 0 Å². The lowest BCUT2D eigenvalue weighted by Gasteiger charge is -2.56. The van der Waals surface area contributed by atoms with E-state index in [4.69, 9.17) is 5.73 Å². The molecule has 0 spiro atoms. The van der Waals surface area contributed by atoms with Crippen molar-refractivity contribution in [2.75, 3.05) is 12.3 Å². The fourth-order valence-electron chi connectivity index (χ4n) is 5.51. The van der Waals surface area contributed by atoms with E-state index in [0.717, 1.165) is 24.3 Å². The highest BCUT2D eigenvalue weighted by atomic mass is 16.1.